The number of amides is 1. The van der Waals surface area contributed by atoms with Gasteiger partial charge in [0.15, 0.2) is 0 Å². The van der Waals surface area contributed by atoms with E-state index in [1.54, 1.807) is 0 Å². The zero-order valence-corrected chi connectivity index (χ0v) is 14.0. The van der Waals surface area contributed by atoms with Gasteiger partial charge >= 0.3 is 0 Å². The van der Waals surface area contributed by atoms with E-state index in [-0.39, 0.29) is 18.1 Å². The second-order valence-corrected chi connectivity index (χ2v) is 6.57. The van der Waals surface area contributed by atoms with Crippen LogP contribution in [0.4, 0.5) is 0 Å². The van der Waals surface area contributed by atoms with Crippen LogP contribution in [0.5, 0.6) is 0 Å². The van der Waals surface area contributed by atoms with Crippen molar-refractivity contribution in [2.45, 2.75) is 46.8 Å². The predicted molar refractivity (Wildman–Crippen MR) is 88.4 cm³/mol. The van der Waals surface area contributed by atoms with Crippen molar-refractivity contribution in [1.29, 1.82) is 0 Å². The normalized spacial score (nSPS) is 22.3. The van der Waals surface area contributed by atoms with Crippen molar-refractivity contribution in [2.24, 2.45) is 0 Å². The third-order valence-electron chi connectivity index (χ3n) is 4.58. The summed E-state index contributed by atoms with van der Waals surface area (Å²) in [6, 6.07) is 4.17. The Kier molecular flexibility index (Phi) is 3.73. The molecule has 1 aromatic carbocycles. The quantitative estimate of drug-likeness (QED) is 0.878. The molecule has 2 aromatic rings. The van der Waals surface area contributed by atoms with E-state index in [9.17, 15) is 4.79 Å². The molecular weight excluding hydrogens is 276 g/mol. The minimum absolute atomic E-state index is 0.0645. The lowest BCUT2D eigenvalue weighted by molar-refractivity contribution is -0.0587. The number of aryl methyl sites for hydroxylation is 3. The molecule has 1 amide bonds. The Bertz CT molecular complexity index is 722. The first kappa shape index (κ1) is 15.1. The number of carbonyl (C=O) groups is 1. The highest BCUT2D eigenvalue weighted by Gasteiger charge is 2.27. The van der Waals surface area contributed by atoms with Gasteiger partial charge in [-0.2, -0.15) is 0 Å². The first-order valence-corrected chi connectivity index (χ1v) is 7.91. The highest BCUT2D eigenvalue weighted by atomic mass is 16.5. The molecule has 0 radical (unpaired) electrons. The molecule has 118 valence electrons. The zero-order valence-electron chi connectivity index (χ0n) is 14.0. The first-order chi connectivity index (χ1) is 10.4. The molecule has 0 spiro atoms. The van der Waals surface area contributed by atoms with Gasteiger partial charge in [-0.1, -0.05) is 6.07 Å². The average Bonchev–Trinajstić information content (AvgIpc) is 2.89. The highest BCUT2D eigenvalue weighted by molar-refractivity contribution is 6.00. The maximum absolute atomic E-state index is 12.8. The lowest BCUT2D eigenvalue weighted by Gasteiger charge is -2.35. The molecule has 1 fully saturated rings. The van der Waals surface area contributed by atoms with Crippen LogP contribution in [0.15, 0.2) is 12.1 Å². The number of fused-ring (bicyclic) bond motifs is 1. The monoisotopic (exact) mass is 300 g/mol. The van der Waals surface area contributed by atoms with E-state index >= 15 is 0 Å². The van der Waals surface area contributed by atoms with Gasteiger partial charge in [-0.3, -0.25) is 4.79 Å². The Morgan fingerprint density at radius 1 is 1.14 bits per heavy atom. The summed E-state index contributed by atoms with van der Waals surface area (Å²) in [4.78, 5) is 18.0. The number of H-pyrrole nitrogens is 1. The maximum atomic E-state index is 12.8. The van der Waals surface area contributed by atoms with Crippen LogP contribution < -0.4 is 0 Å². The third kappa shape index (κ3) is 2.52. The number of hydrogen-bond acceptors (Lipinski definition) is 2. The average molecular weight is 300 g/mol. The fourth-order valence-corrected chi connectivity index (χ4v) is 3.40. The summed E-state index contributed by atoms with van der Waals surface area (Å²) in [5.41, 5.74) is 5.42. The van der Waals surface area contributed by atoms with Crippen molar-refractivity contribution in [1.82, 2.24) is 9.88 Å². The molecular formula is C18H24N2O2. The van der Waals surface area contributed by atoms with Crippen LogP contribution in [0.1, 0.15) is 41.0 Å². The van der Waals surface area contributed by atoms with Gasteiger partial charge in [0, 0.05) is 24.0 Å². The second-order valence-electron chi connectivity index (χ2n) is 6.57. The fourth-order valence-electron chi connectivity index (χ4n) is 3.40. The number of benzene rings is 1. The van der Waals surface area contributed by atoms with Crippen molar-refractivity contribution in [3.8, 4) is 0 Å². The van der Waals surface area contributed by atoms with Gasteiger partial charge in [-0.05, 0) is 57.4 Å². The Morgan fingerprint density at radius 3 is 2.41 bits per heavy atom. The van der Waals surface area contributed by atoms with Gasteiger partial charge in [0.2, 0.25) is 0 Å². The lowest BCUT2D eigenvalue weighted by atomic mass is 10.0. The van der Waals surface area contributed by atoms with Gasteiger partial charge in [0.25, 0.3) is 5.91 Å². The van der Waals surface area contributed by atoms with Crippen LogP contribution in [0.2, 0.25) is 0 Å². The number of ether oxygens (including phenoxy) is 1. The Hall–Kier alpha value is -1.81. The molecule has 1 aromatic heterocycles. The third-order valence-corrected chi connectivity index (χ3v) is 4.58. The standard InChI is InChI=1S/C18H24N2O2/c1-10-6-11(2)15-7-16(19-17(15)14(10)5)18(21)20-8-12(3)22-13(4)9-20/h6-7,12-13,19H,8-9H2,1-5H3/t12-,13-/m0/s1. The zero-order chi connectivity index (χ0) is 16.0. The van der Waals surface area contributed by atoms with Crippen LogP contribution in [0.3, 0.4) is 0 Å². The van der Waals surface area contributed by atoms with Crippen molar-refractivity contribution in [3.63, 3.8) is 0 Å². The van der Waals surface area contributed by atoms with E-state index in [0.29, 0.717) is 18.8 Å². The summed E-state index contributed by atoms with van der Waals surface area (Å²) in [5, 5.41) is 1.14. The highest BCUT2D eigenvalue weighted by Crippen LogP contribution is 2.26. The largest absolute Gasteiger partial charge is 0.372 e. The minimum Gasteiger partial charge on any atom is -0.372 e. The lowest BCUT2D eigenvalue weighted by Crippen LogP contribution is -2.48. The van der Waals surface area contributed by atoms with Gasteiger partial charge in [-0.15, -0.1) is 0 Å². The molecule has 22 heavy (non-hydrogen) atoms. The van der Waals surface area contributed by atoms with E-state index in [1.165, 1.54) is 16.7 Å². The Labute approximate surface area is 131 Å². The molecule has 0 aliphatic carbocycles. The van der Waals surface area contributed by atoms with Crippen LogP contribution >= 0.6 is 0 Å². The van der Waals surface area contributed by atoms with Crippen molar-refractivity contribution in [2.75, 3.05) is 13.1 Å². The summed E-state index contributed by atoms with van der Waals surface area (Å²) in [6.07, 6.45) is 0.172. The molecule has 0 bridgehead atoms. The van der Waals surface area contributed by atoms with Gasteiger partial charge in [0.1, 0.15) is 5.69 Å². The number of aromatic amines is 1. The topological polar surface area (TPSA) is 45.3 Å². The molecule has 2 atom stereocenters. The molecule has 0 unspecified atom stereocenters. The van der Waals surface area contributed by atoms with Crippen molar-refractivity contribution in [3.05, 3.63) is 34.5 Å². The molecule has 3 rings (SSSR count). The SMILES string of the molecule is Cc1cc(C)c2cc(C(=O)N3C[C@H](C)O[C@@H](C)C3)[nH]c2c1C. The summed E-state index contributed by atoms with van der Waals surface area (Å²) in [7, 11) is 0. The van der Waals surface area contributed by atoms with Crippen LogP contribution in [-0.4, -0.2) is 41.1 Å². The van der Waals surface area contributed by atoms with E-state index < -0.39 is 0 Å². The maximum Gasteiger partial charge on any atom is 0.270 e. The number of carbonyl (C=O) groups excluding carboxylic acids is 1. The number of aromatic nitrogens is 1. The number of rotatable bonds is 1. The van der Waals surface area contributed by atoms with E-state index in [4.69, 9.17) is 4.74 Å². The van der Waals surface area contributed by atoms with E-state index in [0.717, 1.165) is 10.9 Å². The summed E-state index contributed by atoms with van der Waals surface area (Å²) in [6.45, 7) is 11.6. The smallest absolute Gasteiger partial charge is 0.270 e. The molecule has 1 aliphatic heterocycles. The molecule has 2 heterocycles. The molecule has 1 saturated heterocycles. The second kappa shape index (κ2) is 5.43. The minimum atomic E-state index is 0.0645. The molecule has 1 aliphatic rings. The van der Waals surface area contributed by atoms with Crippen LogP contribution in [-0.2, 0) is 4.74 Å². The van der Waals surface area contributed by atoms with Crippen LogP contribution in [0.25, 0.3) is 10.9 Å². The number of hydrogen-bond donors (Lipinski definition) is 1. The summed E-state index contributed by atoms with van der Waals surface area (Å²) < 4.78 is 5.71. The Balaban J connectivity index is 1.98. The summed E-state index contributed by atoms with van der Waals surface area (Å²) >= 11 is 0. The number of nitrogens with one attached hydrogen (secondary N) is 1. The van der Waals surface area contributed by atoms with Crippen LogP contribution in [0, 0.1) is 20.8 Å². The fraction of sp³-hybridized carbons (Fsp3) is 0.500. The Morgan fingerprint density at radius 2 is 1.77 bits per heavy atom. The summed E-state index contributed by atoms with van der Waals surface area (Å²) in [5.74, 6) is 0.0645. The molecule has 1 N–H and O–H groups in total. The van der Waals surface area contributed by atoms with E-state index in [1.807, 2.05) is 24.8 Å². The molecule has 4 nitrogen and oxygen atoms in total. The van der Waals surface area contributed by atoms with Crippen molar-refractivity contribution >= 4 is 16.8 Å². The van der Waals surface area contributed by atoms with Gasteiger partial charge < -0.3 is 14.6 Å². The first-order valence-electron chi connectivity index (χ1n) is 7.91. The van der Waals surface area contributed by atoms with Gasteiger partial charge in [-0.25, -0.2) is 0 Å². The van der Waals surface area contributed by atoms with Crippen molar-refractivity contribution < 1.29 is 9.53 Å². The number of nitrogens with zero attached hydrogens (tertiary/aromatic N) is 1. The molecule has 0 saturated carbocycles. The van der Waals surface area contributed by atoms with Gasteiger partial charge in [0.05, 0.1) is 12.2 Å². The molecule has 4 heteroatoms. The van der Waals surface area contributed by atoms with E-state index in [2.05, 4.69) is 31.8 Å². The number of morpholine rings is 1. The predicted octanol–water partition coefficient (Wildman–Crippen LogP) is 3.34.